The summed E-state index contributed by atoms with van der Waals surface area (Å²) in [6.07, 6.45) is 3.17. The molecule has 1 aromatic carbocycles. The monoisotopic (exact) mass is 441 g/mol. The number of fused-ring (bicyclic) bond motifs is 1. The van der Waals surface area contributed by atoms with Gasteiger partial charge in [0.25, 0.3) is 5.91 Å². The summed E-state index contributed by atoms with van der Waals surface area (Å²) in [6.45, 7) is 10.7. The zero-order valence-corrected chi connectivity index (χ0v) is 19.5. The molecule has 2 amide bonds. The molecule has 0 bridgehead atoms. The van der Waals surface area contributed by atoms with Crippen molar-refractivity contribution in [2.45, 2.75) is 58.2 Å². The maximum Gasteiger partial charge on any atom is 0.410 e. The fraction of sp³-hybridized carbons (Fsp3) is 0.625. The lowest BCUT2D eigenvalue weighted by atomic mass is 10.1. The molecule has 0 aliphatic carbocycles. The van der Waals surface area contributed by atoms with Crippen LogP contribution < -0.4 is 5.32 Å². The molecule has 174 valence electrons. The Labute approximate surface area is 190 Å². The van der Waals surface area contributed by atoms with Crippen LogP contribution in [0.15, 0.2) is 29.3 Å². The number of carbonyl (C=O) groups is 2. The molecule has 3 heterocycles. The van der Waals surface area contributed by atoms with Gasteiger partial charge in [0, 0.05) is 44.8 Å². The first-order valence-electron chi connectivity index (χ1n) is 11.7. The van der Waals surface area contributed by atoms with Crippen molar-refractivity contribution in [3.05, 3.63) is 35.4 Å². The minimum atomic E-state index is -0.485. The van der Waals surface area contributed by atoms with Crippen molar-refractivity contribution < 1.29 is 14.3 Å². The number of aliphatic imine (C=N–C) groups is 1. The molecule has 2 saturated heterocycles. The lowest BCUT2D eigenvalue weighted by Crippen LogP contribution is -2.57. The second kappa shape index (κ2) is 9.38. The molecule has 8 heteroatoms. The summed E-state index contributed by atoms with van der Waals surface area (Å²) in [5, 5.41) is 3.44. The normalized spacial score (nSPS) is 21.2. The molecule has 0 saturated carbocycles. The Morgan fingerprint density at radius 3 is 2.44 bits per heavy atom. The van der Waals surface area contributed by atoms with E-state index in [-0.39, 0.29) is 18.0 Å². The molecule has 3 aliphatic rings. The third-order valence-corrected chi connectivity index (χ3v) is 6.15. The van der Waals surface area contributed by atoms with Gasteiger partial charge in [-0.05, 0) is 57.7 Å². The number of nitrogens with zero attached hydrogens (tertiary/aromatic N) is 4. The van der Waals surface area contributed by atoms with Crippen molar-refractivity contribution in [1.29, 1.82) is 0 Å². The minimum Gasteiger partial charge on any atom is -0.444 e. The van der Waals surface area contributed by atoms with Gasteiger partial charge in [0.1, 0.15) is 5.60 Å². The molecular weight excluding hydrogens is 406 g/mol. The fourth-order valence-electron chi connectivity index (χ4n) is 4.45. The maximum absolute atomic E-state index is 12.6. The van der Waals surface area contributed by atoms with Gasteiger partial charge in [-0.1, -0.05) is 12.1 Å². The highest BCUT2D eigenvalue weighted by Gasteiger charge is 2.36. The summed E-state index contributed by atoms with van der Waals surface area (Å²) in [5.41, 5.74) is 1.38. The van der Waals surface area contributed by atoms with Gasteiger partial charge in [0.2, 0.25) is 0 Å². The molecular formula is C24H35N5O3. The number of amides is 2. The molecule has 1 aromatic rings. The number of benzene rings is 1. The molecule has 0 spiro atoms. The van der Waals surface area contributed by atoms with Crippen LogP contribution in [0.2, 0.25) is 0 Å². The van der Waals surface area contributed by atoms with Gasteiger partial charge in [-0.15, -0.1) is 0 Å². The van der Waals surface area contributed by atoms with E-state index in [1.54, 1.807) is 4.90 Å². The van der Waals surface area contributed by atoms with E-state index in [1.807, 2.05) is 49.9 Å². The summed E-state index contributed by atoms with van der Waals surface area (Å²) in [7, 11) is 0. The summed E-state index contributed by atoms with van der Waals surface area (Å²) in [4.78, 5) is 35.7. The van der Waals surface area contributed by atoms with Crippen LogP contribution in [0.4, 0.5) is 4.79 Å². The number of nitrogens with one attached hydrogen (secondary N) is 1. The predicted octanol–water partition coefficient (Wildman–Crippen LogP) is 2.69. The lowest BCUT2D eigenvalue weighted by Gasteiger charge is -2.39. The Bertz CT molecular complexity index is 855. The van der Waals surface area contributed by atoms with Gasteiger partial charge in [0.15, 0.2) is 5.96 Å². The Balaban J connectivity index is 1.26. The van der Waals surface area contributed by atoms with Gasteiger partial charge in [-0.2, -0.15) is 0 Å². The van der Waals surface area contributed by atoms with Gasteiger partial charge in [-0.25, -0.2) is 4.79 Å². The number of ether oxygens (including phenoxy) is 1. The topological polar surface area (TPSA) is 77.5 Å². The van der Waals surface area contributed by atoms with Crippen molar-refractivity contribution in [2.24, 2.45) is 4.99 Å². The Hall–Kier alpha value is -2.77. The van der Waals surface area contributed by atoms with Gasteiger partial charge >= 0.3 is 6.09 Å². The number of likely N-dealkylation sites (tertiary alicyclic amines) is 1. The number of piperazine rings is 1. The van der Waals surface area contributed by atoms with Crippen LogP contribution in [0.3, 0.4) is 0 Å². The average molecular weight is 442 g/mol. The smallest absolute Gasteiger partial charge is 0.410 e. The van der Waals surface area contributed by atoms with E-state index >= 15 is 0 Å². The minimum absolute atomic E-state index is 0.134. The van der Waals surface area contributed by atoms with Crippen molar-refractivity contribution in [3.8, 4) is 0 Å². The largest absolute Gasteiger partial charge is 0.444 e. The van der Waals surface area contributed by atoms with Crippen molar-refractivity contribution in [3.63, 3.8) is 0 Å². The van der Waals surface area contributed by atoms with E-state index in [0.717, 1.165) is 49.6 Å². The molecule has 32 heavy (non-hydrogen) atoms. The van der Waals surface area contributed by atoms with E-state index < -0.39 is 5.60 Å². The van der Waals surface area contributed by atoms with Gasteiger partial charge in [0.05, 0.1) is 12.6 Å². The van der Waals surface area contributed by atoms with Crippen LogP contribution in [0.5, 0.6) is 0 Å². The number of rotatable bonds is 3. The highest BCUT2D eigenvalue weighted by Crippen LogP contribution is 2.19. The number of hydrogen-bond acceptors (Lipinski definition) is 6. The molecule has 1 N–H and O–H groups in total. The number of piperidine rings is 1. The third kappa shape index (κ3) is 5.34. The molecule has 2 fully saturated rings. The summed E-state index contributed by atoms with van der Waals surface area (Å²) in [5.74, 6) is 1.02. The van der Waals surface area contributed by atoms with Crippen LogP contribution in [0.1, 0.15) is 56.0 Å². The fourth-order valence-corrected chi connectivity index (χ4v) is 4.45. The second-order valence-corrected chi connectivity index (χ2v) is 9.84. The van der Waals surface area contributed by atoms with Crippen molar-refractivity contribution >= 4 is 18.0 Å². The first-order valence-corrected chi connectivity index (χ1v) is 11.7. The Morgan fingerprint density at radius 1 is 1.03 bits per heavy atom. The predicted molar refractivity (Wildman–Crippen MR) is 124 cm³/mol. The van der Waals surface area contributed by atoms with Crippen molar-refractivity contribution in [1.82, 2.24) is 20.0 Å². The van der Waals surface area contributed by atoms with Crippen LogP contribution in [-0.2, 0) is 11.3 Å². The van der Waals surface area contributed by atoms with Crippen molar-refractivity contribution in [2.75, 3.05) is 39.3 Å². The number of carbonyl (C=O) groups excluding carboxylic acids is 2. The average Bonchev–Trinajstić information content (AvgIpc) is 3.19. The Morgan fingerprint density at radius 2 is 1.75 bits per heavy atom. The molecule has 8 nitrogen and oxygen atoms in total. The lowest BCUT2D eigenvalue weighted by molar-refractivity contribution is 0.0137. The molecule has 4 rings (SSSR count). The maximum atomic E-state index is 12.6. The van der Waals surface area contributed by atoms with Crippen LogP contribution in [0.25, 0.3) is 0 Å². The van der Waals surface area contributed by atoms with Crippen LogP contribution >= 0.6 is 0 Å². The SMILES string of the molecule is CC(C)(C)OC(=O)N1CCN2C(NCc3ccc(C(=O)N4CCCCC4)cc3)=NCC2C1. The highest BCUT2D eigenvalue weighted by molar-refractivity contribution is 5.94. The van der Waals surface area contributed by atoms with E-state index in [9.17, 15) is 9.59 Å². The van der Waals surface area contributed by atoms with E-state index in [1.165, 1.54) is 6.42 Å². The number of hydrogen-bond donors (Lipinski definition) is 1. The van der Waals surface area contributed by atoms with Gasteiger partial charge < -0.3 is 24.8 Å². The van der Waals surface area contributed by atoms with Crippen LogP contribution in [-0.4, -0.2) is 83.6 Å². The first-order chi connectivity index (χ1) is 15.3. The number of guanidine groups is 1. The highest BCUT2D eigenvalue weighted by atomic mass is 16.6. The zero-order valence-electron chi connectivity index (χ0n) is 19.5. The summed E-state index contributed by atoms with van der Waals surface area (Å²) in [6, 6.07) is 8.05. The first kappa shape index (κ1) is 22.4. The Kier molecular flexibility index (Phi) is 6.58. The molecule has 1 unspecified atom stereocenters. The standard InChI is InChI=1S/C24H35N5O3/c1-24(2,3)32-23(31)28-13-14-29-20(17-28)16-26-22(29)25-15-18-7-9-19(10-8-18)21(30)27-11-5-4-6-12-27/h7-10,20H,4-6,11-17H2,1-3H3,(H,25,26). The third-order valence-electron chi connectivity index (χ3n) is 6.15. The van der Waals surface area contributed by atoms with Crippen LogP contribution in [0, 0.1) is 0 Å². The summed E-state index contributed by atoms with van der Waals surface area (Å²) >= 11 is 0. The zero-order chi connectivity index (χ0) is 22.7. The molecule has 1 atom stereocenters. The molecule has 3 aliphatic heterocycles. The molecule has 0 radical (unpaired) electrons. The second-order valence-electron chi connectivity index (χ2n) is 9.84. The van der Waals surface area contributed by atoms with E-state index in [2.05, 4.69) is 15.2 Å². The van der Waals surface area contributed by atoms with E-state index in [4.69, 9.17) is 4.74 Å². The quantitative estimate of drug-likeness (QED) is 0.780. The summed E-state index contributed by atoms with van der Waals surface area (Å²) < 4.78 is 5.51. The van der Waals surface area contributed by atoms with E-state index in [0.29, 0.717) is 26.2 Å². The van der Waals surface area contributed by atoms with Gasteiger partial charge in [-0.3, -0.25) is 9.79 Å². The molecule has 0 aromatic heterocycles.